The Morgan fingerprint density at radius 2 is 2.15 bits per heavy atom. The summed E-state index contributed by atoms with van der Waals surface area (Å²) < 4.78 is 16.1. The fourth-order valence-electron chi connectivity index (χ4n) is 2.33. The van der Waals surface area contributed by atoms with Gasteiger partial charge in [0.1, 0.15) is 16.9 Å². The fourth-order valence-corrected chi connectivity index (χ4v) is 2.33. The highest BCUT2D eigenvalue weighted by Gasteiger charge is 2.16. The Labute approximate surface area is 115 Å². The van der Waals surface area contributed by atoms with E-state index >= 15 is 0 Å². The number of fused-ring (bicyclic) bond motifs is 2. The van der Waals surface area contributed by atoms with Crippen molar-refractivity contribution in [2.45, 2.75) is 13.3 Å². The van der Waals surface area contributed by atoms with E-state index in [9.17, 15) is 4.79 Å². The summed E-state index contributed by atoms with van der Waals surface area (Å²) in [5.74, 6) is 0.647. The van der Waals surface area contributed by atoms with Crippen molar-refractivity contribution < 1.29 is 13.6 Å². The van der Waals surface area contributed by atoms with Crippen molar-refractivity contribution in [3.05, 3.63) is 34.9 Å². The second-order valence-corrected chi connectivity index (χ2v) is 4.52. The molecule has 0 radical (unpaired) electrons. The maximum atomic E-state index is 11.7. The summed E-state index contributed by atoms with van der Waals surface area (Å²) >= 11 is 0. The SMILES string of the molecule is CCCNc1cc(=O)oc2cc3occc3c(OC)c12. The molecule has 104 valence electrons. The first-order valence-corrected chi connectivity index (χ1v) is 6.50. The van der Waals surface area contributed by atoms with Crippen molar-refractivity contribution in [3.8, 4) is 5.75 Å². The number of furan rings is 1. The van der Waals surface area contributed by atoms with Crippen LogP contribution in [0.25, 0.3) is 21.9 Å². The lowest BCUT2D eigenvalue weighted by Crippen LogP contribution is -2.06. The van der Waals surface area contributed by atoms with Gasteiger partial charge in [-0.25, -0.2) is 4.79 Å². The van der Waals surface area contributed by atoms with E-state index in [0.29, 0.717) is 16.9 Å². The first-order valence-electron chi connectivity index (χ1n) is 6.50. The highest BCUT2D eigenvalue weighted by atomic mass is 16.5. The van der Waals surface area contributed by atoms with Gasteiger partial charge in [0.15, 0.2) is 0 Å². The first kappa shape index (κ1) is 12.6. The van der Waals surface area contributed by atoms with E-state index in [-0.39, 0.29) is 0 Å². The fraction of sp³-hybridized carbons (Fsp3) is 0.267. The van der Waals surface area contributed by atoms with Gasteiger partial charge < -0.3 is 18.9 Å². The van der Waals surface area contributed by atoms with Crippen molar-refractivity contribution in [2.24, 2.45) is 0 Å². The van der Waals surface area contributed by atoms with E-state index in [1.54, 1.807) is 19.4 Å². The van der Waals surface area contributed by atoms with Gasteiger partial charge in [0.25, 0.3) is 0 Å². The summed E-state index contributed by atoms with van der Waals surface area (Å²) in [5, 5.41) is 4.85. The smallest absolute Gasteiger partial charge is 0.338 e. The maximum Gasteiger partial charge on any atom is 0.338 e. The van der Waals surface area contributed by atoms with Crippen LogP contribution in [0.2, 0.25) is 0 Å². The molecule has 0 unspecified atom stereocenters. The second-order valence-electron chi connectivity index (χ2n) is 4.52. The van der Waals surface area contributed by atoms with Crippen LogP contribution in [0.3, 0.4) is 0 Å². The maximum absolute atomic E-state index is 11.7. The van der Waals surface area contributed by atoms with Gasteiger partial charge >= 0.3 is 5.63 Å². The third-order valence-electron chi connectivity index (χ3n) is 3.19. The van der Waals surface area contributed by atoms with Crippen LogP contribution >= 0.6 is 0 Å². The summed E-state index contributed by atoms with van der Waals surface area (Å²) in [7, 11) is 1.59. The van der Waals surface area contributed by atoms with E-state index < -0.39 is 5.63 Å². The lowest BCUT2D eigenvalue weighted by Gasteiger charge is -2.11. The normalized spacial score (nSPS) is 11.1. The molecule has 0 saturated carbocycles. The molecule has 0 amide bonds. The van der Waals surface area contributed by atoms with Gasteiger partial charge in [0.05, 0.1) is 29.8 Å². The molecule has 1 aromatic carbocycles. The van der Waals surface area contributed by atoms with Crippen LogP contribution < -0.4 is 15.7 Å². The number of rotatable bonds is 4. The van der Waals surface area contributed by atoms with Gasteiger partial charge in [-0.1, -0.05) is 6.92 Å². The Hall–Kier alpha value is -2.43. The van der Waals surface area contributed by atoms with Crippen molar-refractivity contribution >= 4 is 27.6 Å². The zero-order chi connectivity index (χ0) is 14.1. The van der Waals surface area contributed by atoms with Crippen LogP contribution in [0.1, 0.15) is 13.3 Å². The minimum atomic E-state index is -0.399. The molecule has 3 rings (SSSR count). The number of hydrogen-bond donors (Lipinski definition) is 1. The summed E-state index contributed by atoms with van der Waals surface area (Å²) in [4.78, 5) is 11.7. The Bertz CT molecular complexity index is 816. The van der Waals surface area contributed by atoms with E-state index in [2.05, 4.69) is 12.2 Å². The van der Waals surface area contributed by atoms with E-state index in [0.717, 1.165) is 29.4 Å². The molecule has 0 atom stereocenters. The van der Waals surface area contributed by atoms with Crippen molar-refractivity contribution in [2.75, 3.05) is 19.0 Å². The molecule has 5 heteroatoms. The van der Waals surface area contributed by atoms with Gasteiger partial charge in [-0.15, -0.1) is 0 Å². The zero-order valence-corrected chi connectivity index (χ0v) is 11.4. The minimum absolute atomic E-state index is 0.399. The monoisotopic (exact) mass is 273 g/mol. The summed E-state index contributed by atoms with van der Waals surface area (Å²) in [5.41, 5.74) is 1.41. The van der Waals surface area contributed by atoms with Crippen LogP contribution in [0.5, 0.6) is 5.75 Å². The lowest BCUT2D eigenvalue weighted by atomic mass is 10.1. The molecule has 0 saturated heterocycles. The van der Waals surface area contributed by atoms with Crippen molar-refractivity contribution in [3.63, 3.8) is 0 Å². The molecular formula is C15H15NO4. The molecule has 0 bridgehead atoms. The van der Waals surface area contributed by atoms with Crippen LogP contribution in [0.15, 0.2) is 38.1 Å². The number of anilines is 1. The van der Waals surface area contributed by atoms with Gasteiger partial charge in [-0.2, -0.15) is 0 Å². The van der Waals surface area contributed by atoms with Crippen molar-refractivity contribution in [1.82, 2.24) is 0 Å². The first-order chi connectivity index (χ1) is 9.74. The molecular weight excluding hydrogens is 258 g/mol. The Kier molecular flexibility index (Phi) is 3.10. The molecule has 0 fully saturated rings. The lowest BCUT2D eigenvalue weighted by molar-refractivity contribution is 0.423. The topological polar surface area (TPSA) is 64.6 Å². The minimum Gasteiger partial charge on any atom is -0.495 e. The summed E-state index contributed by atoms with van der Waals surface area (Å²) in [6, 6.07) is 5.00. The van der Waals surface area contributed by atoms with Crippen LogP contribution in [-0.4, -0.2) is 13.7 Å². The van der Waals surface area contributed by atoms with Crippen LogP contribution in [-0.2, 0) is 0 Å². The number of benzene rings is 1. The summed E-state index contributed by atoms with van der Waals surface area (Å²) in [6.45, 7) is 2.83. The van der Waals surface area contributed by atoms with E-state index in [4.69, 9.17) is 13.6 Å². The van der Waals surface area contributed by atoms with Gasteiger partial charge in [-0.3, -0.25) is 0 Å². The molecule has 0 aliphatic heterocycles. The molecule has 1 N–H and O–H groups in total. The predicted octanol–water partition coefficient (Wildman–Crippen LogP) is 3.37. The van der Waals surface area contributed by atoms with E-state index in [1.807, 2.05) is 6.07 Å². The van der Waals surface area contributed by atoms with E-state index in [1.165, 1.54) is 6.07 Å². The quantitative estimate of drug-likeness (QED) is 0.738. The van der Waals surface area contributed by atoms with Crippen molar-refractivity contribution in [1.29, 1.82) is 0 Å². The van der Waals surface area contributed by atoms with Crippen LogP contribution in [0, 0.1) is 0 Å². The standard InChI is InChI=1S/C15H15NO4/c1-3-5-16-10-7-13(17)20-12-8-11-9(4-6-19-11)15(18-2)14(10)12/h4,6-8,16H,3,5H2,1-2H3. The average Bonchev–Trinajstić information content (AvgIpc) is 2.89. The predicted molar refractivity (Wildman–Crippen MR) is 77.6 cm³/mol. The van der Waals surface area contributed by atoms with Gasteiger partial charge in [0, 0.05) is 18.7 Å². The molecule has 3 aromatic rings. The highest BCUT2D eigenvalue weighted by molar-refractivity contribution is 6.06. The zero-order valence-electron chi connectivity index (χ0n) is 11.4. The third kappa shape index (κ3) is 1.91. The number of ether oxygens (including phenoxy) is 1. The Balaban J connectivity index is 2.39. The summed E-state index contributed by atoms with van der Waals surface area (Å²) in [6.07, 6.45) is 2.54. The van der Waals surface area contributed by atoms with Gasteiger partial charge in [-0.05, 0) is 12.5 Å². The molecule has 0 aliphatic rings. The number of nitrogens with one attached hydrogen (secondary N) is 1. The molecule has 0 spiro atoms. The largest absolute Gasteiger partial charge is 0.495 e. The number of methoxy groups -OCH3 is 1. The highest BCUT2D eigenvalue weighted by Crippen LogP contribution is 2.38. The molecule has 5 nitrogen and oxygen atoms in total. The Morgan fingerprint density at radius 1 is 1.30 bits per heavy atom. The van der Waals surface area contributed by atoms with Crippen LogP contribution in [0.4, 0.5) is 5.69 Å². The second kappa shape index (κ2) is 4.92. The molecule has 0 aliphatic carbocycles. The van der Waals surface area contributed by atoms with Gasteiger partial charge in [0.2, 0.25) is 0 Å². The molecule has 2 heterocycles. The molecule has 2 aromatic heterocycles. The molecule has 20 heavy (non-hydrogen) atoms. The number of hydrogen-bond acceptors (Lipinski definition) is 5. The Morgan fingerprint density at radius 3 is 2.90 bits per heavy atom. The average molecular weight is 273 g/mol. The third-order valence-corrected chi connectivity index (χ3v) is 3.19.